The molecule has 0 aliphatic heterocycles. The largest absolute Gasteiger partial charge is 0.495 e. The normalized spacial score (nSPS) is 14.9. The zero-order valence-corrected chi connectivity index (χ0v) is 15.1. The van der Waals surface area contributed by atoms with Crippen LogP contribution in [0.25, 0.3) is 11.1 Å². The lowest BCUT2D eigenvalue weighted by Gasteiger charge is -2.11. The first-order chi connectivity index (χ1) is 11.8. The third-order valence-electron chi connectivity index (χ3n) is 4.30. The van der Waals surface area contributed by atoms with E-state index in [2.05, 4.69) is 0 Å². The summed E-state index contributed by atoms with van der Waals surface area (Å²) in [6.45, 7) is 0. The number of ether oxygens (including phenoxy) is 1. The van der Waals surface area contributed by atoms with Crippen LogP contribution < -0.4 is 9.88 Å². The van der Waals surface area contributed by atoms with Gasteiger partial charge in [0.05, 0.1) is 12.1 Å². The Balaban J connectivity index is 2.07. The Morgan fingerprint density at radius 2 is 1.68 bits per heavy atom. The summed E-state index contributed by atoms with van der Waals surface area (Å²) >= 11 is 6.21. The molecule has 132 valence electrons. The molecule has 3 rings (SSSR count). The molecule has 1 aliphatic carbocycles. The zero-order valence-electron chi connectivity index (χ0n) is 13.6. The number of primary sulfonamides is 1. The van der Waals surface area contributed by atoms with Gasteiger partial charge in [-0.3, -0.25) is 0 Å². The average molecular weight is 382 g/mol. The highest BCUT2D eigenvalue weighted by Gasteiger charge is 2.21. The van der Waals surface area contributed by atoms with Crippen LogP contribution in [0.2, 0.25) is 5.02 Å². The maximum atomic E-state index is 14.2. The minimum atomic E-state index is -4.08. The highest BCUT2D eigenvalue weighted by atomic mass is 35.5. The van der Waals surface area contributed by atoms with Crippen LogP contribution in [0.4, 0.5) is 4.39 Å². The van der Waals surface area contributed by atoms with Crippen molar-refractivity contribution in [1.29, 1.82) is 0 Å². The molecular formula is C18H17ClFNO3S. The van der Waals surface area contributed by atoms with Gasteiger partial charge in [-0.1, -0.05) is 23.7 Å². The molecule has 0 amide bonds. The predicted molar refractivity (Wildman–Crippen MR) is 96.4 cm³/mol. The fourth-order valence-corrected chi connectivity index (χ4v) is 4.00. The molecule has 0 fully saturated rings. The third kappa shape index (κ3) is 3.56. The van der Waals surface area contributed by atoms with Crippen molar-refractivity contribution in [1.82, 2.24) is 0 Å². The monoisotopic (exact) mass is 381 g/mol. The summed E-state index contributed by atoms with van der Waals surface area (Å²) in [5.41, 5.74) is 3.67. The first-order valence-electron chi connectivity index (χ1n) is 7.70. The van der Waals surface area contributed by atoms with Gasteiger partial charge in [0.2, 0.25) is 10.0 Å². The van der Waals surface area contributed by atoms with Gasteiger partial charge < -0.3 is 4.74 Å². The molecule has 0 aromatic heterocycles. The van der Waals surface area contributed by atoms with Crippen LogP contribution >= 0.6 is 11.6 Å². The molecule has 0 atom stereocenters. The number of nitrogens with two attached hydrogens (primary N) is 1. The van der Waals surface area contributed by atoms with Crippen molar-refractivity contribution >= 4 is 32.8 Å². The highest BCUT2D eigenvalue weighted by Crippen LogP contribution is 2.41. The summed E-state index contributed by atoms with van der Waals surface area (Å²) in [6.07, 6.45) is 2.57. The molecule has 0 spiro atoms. The minimum Gasteiger partial charge on any atom is -0.495 e. The number of rotatable bonds is 4. The van der Waals surface area contributed by atoms with E-state index >= 15 is 0 Å². The topological polar surface area (TPSA) is 69.4 Å². The van der Waals surface area contributed by atoms with Gasteiger partial charge in [0.1, 0.15) is 16.5 Å². The summed E-state index contributed by atoms with van der Waals surface area (Å²) in [4.78, 5) is -0.496. The molecule has 0 unspecified atom stereocenters. The number of sulfonamides is 1. The number of benzene rings is 2. The van der Waals surface area contributed by atoms with Gasteiger partial charge in [-0.15, -0.1) is 0 Å². The summed E-state index contributed by atoms with van der Waals surface area (Å²) in [5, 5.41) is 5.53. The van der Waals surface area contributed by atoms with Crippen molar-refractivity contribution in [2.75, 3.05) is 7.11 Å². The summed E-state index contributed by atoms with van der Waals surface area (Å²) in [7, 11) is -2.52. The van der Waals surface area contributed by atoms with Gasteiger partial charge in [0.15, 0.2) is 0 Å². The van der Waals surface area contributed by atoms with Gasteiger partial charge in [0, 0.05) is 0 Å². The van der Waals surface area contributed by atoms with Crippen molar-refractivity contribution < 1.29 is 17.5 Å². The quantitative estimate of drug-likeness (QED) is 0.861. The van der Waals surface area contributed by atoms with Crippen LogP contribution in [0.3, 0.4) is 0 Å². The van der Waals surface area contributed by atoms with E-state index in [1.807, 2.05) is 12.1 Å². The van der Waals surface area contributed by atoms with E-state index in [4.69, 9.17) is 21.5 Å². The molecule has 0 bridgehead atoms. The number of hydrogen-bond donors (Lipinski definition) is 1. The van der Waals surface area contributed by atoms with E-state index in [0.29, 0.717) is 16.3 Å². The SMILES string of the molecule is COc1ccc(C2=C(c3ccc(S(N)(=O)=O)c(F)c3)CCC2)cc1Cl. The molecule has 2 aromatic carbocycles. The second kappa shape index (κ2) is 6.78. The van der Waals surface area contributed by atoms with Gasteiger partial charge >= 0.3 is 0 Å². The Hall–Kier alpha value is -1.89. The maximum Gasteiger partial charge on any atom is 0.240 e. The van der Waals surface area contributed by atoms with Gasteiger partial charge in [0.25, 0.3) is 0 Å². The van der Waals surface area contributed by atoms with E-state index in [9.17, 15) is 12.8 Å². The van der Waals surface area contributed by atoms with Crippen LogP contribution in [-0.4, -0.2) is 15.5 Å². The van der Waals surface area contributed by atoms with E-state index in [0.717, 1.165) is 36.0 Å². The van der Waals surface area contributed by atoms with E-state index in [1.54, 1.807) is 19.2 Å². The minimum absolute atomic E-state index is 0.496. The van der Waals surface area contributed by atoms with Gasteiger partial charge in [-0.05, 0) is 65.8 Å². The fourth-order valence-electron chi connectivity index (χ4n) is 3.15. The van der Waals surface area contributed by atoms with E-state index in [1.165, 1.54) is 12.1 Å². The van der Waals surface area contributed by atoms with Crippen molar-refractivity contribution in [3.63, 3.8) is 0 Å². The Labute approximate surface area is 151 Å². The Kier molecular flexibility index (Phi) is 4.86. The van der Waals surface area contributed by atoms with Crippen molar-refractivity contribution in [2.45, 2.75) is 24.2 Å². The van der Waals surface area contributed by atoms with Crippen LogP contribution in [0.1, 0.15) is 30.4 Å². The number of methoxy groups -OCH3 is 1. The summed E-state index contributed by atoms with van der Waals surface area (Å²) in [5.74, 6) is -0.249. The van der Waals surface area contributed by atoms with E-state index in [-0.39, 0.29) is 0 Å². The first-order valence-corrected chi connectivity index (χ1v) is 9.62. The molecule has 2 N–H and O–H groups in total. The summed E-state index contributed by atoms with van der Waals surface area (Å²) in [6, 6.07) is 9.58. The number of allylic oxidation sites excluding steroid dienone is 2. The molecular weight excluding hydrogens is 365 g/mol. The second-order valence-corrected chi connectivity index (χ2v) is 7.79. The molecule has 25 heavy (non-hydrogen) atoms. The predicted octanol–water partition coefficient (Wildman–Crippen LogP) is 4.23. The van der Waals surface area contributed by atoms with Crippen molar-refractivity contribution in [3.8, 4) is 5.75 Å². The molecule has 2 aromatic rings. The zero-order chi connectivity index (χ0) is 18.2. The molecule has 0 radical (unpaired) electrons. The summed E-state index contributed by atoms with van der Waals surface area (Å²) < 4.78 is 42.1. The Morgan fingerprint density at radius 1 is 1.08 bits per heavy atom. The standard InChI is InChI=1S/C18H17ClFNO3S/c1-24-17-7-5-11(9-15(17)19)13-3-2-4-14(13)12-6-8-18(16(20)10-12)25(21,22)23/h5-10H,2-4H2,1H3,(H2,21,22,23). The molecule has 4 nitrogen and oxygen atoms in total. The number of halogens is 2. The lowest BCUT2D eigenvalue weighted by molar-refractivity contribution is 0.415. The van der Waals surface area contributed by atoms with Crippen LogP contribution in [0.15, 0.2) is 41.3 Å². The average Bonchev–Trinajstić information content (AvgIpc) is 3.03. The molecule has 0 saturated heterocycles. The highest BCUT2D eigenvalue weighted by molar-refractivity contribution is 7.89. The van der Waals surface area contributed by atoms with Crippen LogP contribution in [-0.2, 0) is 10.0 Å². The molecule has 0 heterocycles. The lowest BCUT2D eigenvalue weighted by atomic mass is 9.97. The van der Waals surface area contributed by atoms with Crippen molar-refractivity contribution in [2.24, 2.45) is 5.14 Å². The Bertz CT molecular complexity index is 970. The van der Waals surface area contributed by atoms with Gasteiger partial charge in [-0.2, -0.15) is 0 Å². The van der Waals surface area contributed by atoms with E-state index < -0.39 is 20.7 Å². The van der Waals surface area contributed by atoms with Crippen LogP contribution in [0.5, 0.6) is 5.75 Å². The molecule has 1 aliphatic rings. The third-order valence-corrected chi connectivity index (χ3v) is 5.54. The maximum absolute atomic E-state index is 14.2. The number of hydrogen-bond acceptors (Lipinski definition) is 3. The fraction of sp³-hybridized carbons (Fsp3) is 0.222. The Morgan fingerprint density at radius 3 is 2.20 bits per heavy atom. The molecule has 7 heteroatoms. The van der Waals surface area contributed by atoms with Crippen molar-refractivity contribution in [3.05, 3.63) is 58.4 Å². The second-order valence-electron chi connectivity index (χ2n) is 5.85. The lowest BCUT2D eigenvalue weighted by Crippen LogP contribution is -2.14. The van der Waals surface area contributed by atoms with Crippen LogP contribution in [0, 0.1) is 5.82 Å². The first kappa shape index (κ1) is 17.9. The van der Waals surface area contributed by atoms with Gasteiger partial charge in [-0.25, -0.2) is 17.9 Å². The smallest absolute Gasteiger partial charge is 0.240 e. The molecule has 0 saturated carbocycles.